The maximum absolute atomic E-state index is 14.0. The van der Waals surface area contributed by atoms with Gasteiger partial charge in [0, 0.05) is 17.1 Å². The van der Waals surface area contributed by atoms with Crippen molar-refractivity contribution in [1.82, 2.24) is 0 Å². The molecule has 1 N–H and O–H groups in total. The molecule has 1 unspecified atom stereocenters. The van der Waals surface area contributed by atoms with Gasteiger partial charge in [0.25, 0.3) is 11.8 Å². The van der Waals surface area contributed by atoms with Crippen molar-refractivity contribution in [3.8, 4) is 0 Å². The molecule has 7 heteroatoms. The van der Waals surface area contributed by atoms with Gasteiger partial charge in [-0.15, -0.1) is 0 Å². The number of carbonyl (C=O) groups is 2. The summed E-state index contributed by atoms with van der Waals surface area (Å²) in [4.78, 5) is 29.4. The van der Waals surface area contributed by atoms with Crippen LogP contribution >= 0.6 is 0 Å². The Bertz CT molecular complexity index is 1320. The number of carbonyl (C=O) groups excluding carboxylic acids is 2. The summed E-state index contributed by atoms with van der Waals surface area (Å²) in [5.74, 6) is 0.217. The molecule has 0 aromatic heterocycles. The van der Waals surface area contributed by atoms with E-state index in [2.05, 4.69) is 19.2 Å². The van der Waals surface area contributed by atoms with E-state index in [1.807, 2.05) is 36.4 Å². The predicted octanol–water partition coefficient (Wildman–Crippen LogP) is 7.62. The molecule has 3 aliphatic carbocycles. The van der Waals surface area contributed by atoms with Gasteiger partial charge in [0.05, 0.1) is 11.3 Å². The molecule has 4 aliphatic rings. The van der Waals surface area contributed by atoms with E-state index >= 15 is 0 Å². The Hall–Kier alpha value is -3.09. The van der Waals surface area contributed by atoms with Crippen LogP contribution in [0.15, 0.2) is 66.2 Å². The summed E-state index contributed by atoms with van der Waals surface area (Å²) in [6.45, 7) is 4.61. The summed E-state index contributed by atoms with van der Waals surface area (Å²) in [5.41, 5.74) is -0.742. The highest BCUT2D eigenvalue weighted by Gasteiger charge is 2.60. The minimum atomic E-state index is -4.63. The summed E-state index contributed by atoms with van der Waals surface area (Å²) in [6.07, 6.45) is 5.00. The molecule has 6 rings (SSSR count). The lowest BCUT2D eigenvalue weighted by atomic mass is 9.48. The molecule has 0 saturated heterocycles. The summed E-state index contributed by atoms with van der Waals surface area (Å²) in [7, 11) is 0. The smallest absolute Gasteiger partial charge is 0.321 e. The number of hydrogen-bond donors (Lipinski definition) is 1. The SMILES string of the molecule is C[C@@]12CCC[C@H]1[C@@H]1CCC3N(c4ccccc4)C(=O)C(C(=O)Nc4ccccc4C(F)(F)F)=C[C@]3(C)[C@@H]1CC2. The van der Waals surface area contributed by atoms with Gasteiger partial charge in [-0.05, 0) is 86.0 Å². The molecule has 4 nitrogen and oxygen atoms in total. The number of halogens is 3. The van der Waals surface area contributed by atoms with Gasteiger partial charge in [-0.1, -0.05) is 56.7 Å². The van der Waals surface area contributed by atoms with Crippen LogP contribution in [-0.2, 0) is 15.8 Å². The van der Waals surface area contributed by atoms with E-state index in [1.165, 1.54) is 37.5 Å². The molecule has 206 valence electrons. The average Bonchev–Trinajstić information content (AvgIpc) is 3.31. The van der Waals surface area contributed by atoms with Crippen LogP contribution in [0.1, 0.15) is 64.4 Å². The number of amides is 2. The van der Waals surface area contributed by atoms with Gasteiger partial charge >= 0.3 is 6.18 Å². The number of anilines is 2. The van der Waals surface area contributed by atoms with Crippen LogP contribution < -0.4 is 10.2 Å². The molecule has 0 bridgehead atoms. The van der Waals surface area contributed by atoms with E-state index in [-0.39, 0.29) is 17.3 Å². The van der Waals surface area contributed by atoms with Gasteiger partial charge < -0.3 is 10.2 Å². The van der Waals surface area contributed by atoms with E-state index < -0.39 is 29.0 Å². The summed E-state index contributed by atoms with van der Waals surface area (Å²) >= 11 is 0. The molecular formula is C32H35F3N2O2. The molecule has 1 aliphatic heterocycles. The zero-order valence-corrected chi connectivity index (χ0v) is 22.4. The molecule has 2 amide bonds. The first-order valence-electron chi connectivity index (χ1n) is 14.1. The van der Waals surface area contributed by atoms with E-state index in [4.69, 9.17) is 0 Å². The van der Waals surface area contributed by atoms with Crippen LogP contribution in [0.25, 0.3) is 0 Å². The van der Waals surface area contributed by atoms with Crippen molar-refractivity contribution in [3.05, 3.63) is 71.8 Å². The Labute approximate surface area is 227 Å². The Morgan fingerprint density at radius 3 is 2.38 bits per heavy atom. The van der Waals surface area contributed by atoms with Crippen molar-refractivity contribution in [3.63, 3.8) is 0 Å². The summed E-state index contributed by atoms with van der Waals surface area (Å²) < 4.78 is 41.0. The second-order valence-corrected chi connectivity index (χ2v) is 12.5. The fourth-order valence-electron chi connectivity index (χ4n) is 8.70. The highest BCUT2D eigenvalue weighted by molar-refractivity contribution is 6.27. The standard InChI is InChI=1S/C32H35F3N2O2/c1-30-17-8-12-23(30)21-14-15-27-31(2,24(21)16-18-30)19-22(29(39)37(27)20-9-4-3-5-10-20)28(38)36-26-13-7-6-11-25(26)32(33,34)35/h3-7,9-11,13,19,21,23-24,27H,8,12,14-18H2,1-2H3,(H,36,38)/t21-,23-,24+,27?,30-,31+/m0/s1. The van der Waals surface area contributed by atoms with Crippen molar-refractivity contribution >= 4 is 23.2 Å². The monoisotopic (exact) mass is 536 g/mol. The third kappa shape index (κ3) is 4.20. The molecule has 2 aromatic carbocycles. The number of nitrogens with zero attached hydrogens (tertiary/aromatic N) is 1. The lowest BCUT2D eigenvalue weighted by Gasteiger charge is -2.60. The number of nitrogens with one attached hydrogen (secondary N) is 1. The molecule has 0 spiro atoms. The van der Waals surface area contributed by atoms with Gasteiger partial charge in [0.15, 0.2) is 0 Å². The molecular weight excluding hydrogens is 501 g/mol. The molecule has 2 aromatic rings. The van der Waals surface area contributed by atoms with Gasteiger partial charge in [-0.3, -0.25) is 9.59 Å². The van der Waals surface area contributed by atoms with Gasteiger partial charge in [-0.25, -0.2) is 0 Å². The van der Waals surface area contributed by atoms with E-state index in [9.17, 15) is 22.8 Å². The summed E-state index contributed by atoms with van der Waals surface area (Å²) in [5, 5.41) is 2.44. The number of benzene rings is 2. The Kier molecular flexibility index (Phi) is 6.20. The van der Waals surface area contributed by atoms with Gasteiger partial charge in [-0.2, -0.15) is 13.2 Å². The lowest BCUT2D eigenvalue weighted by Crippen LogP contribution is -2.62. The number of alkyl halides is 3. The van der Waals surface area contributed by atoms with Gasteiger partial charge in [0.2, 0.25) is 0 Å². The van der Waals surface area contributed by atoms with E-state index in [0.717, 1.165) is 31.7 Å². The maximum atomic E-state index is 14.0. The van der Waals surface area contributed by atoms with E-state index in [0.29, 0.717) is 28.9 Å². The number of para-hydroxylation sites is 2. The second-order valence-electron chi connectivity index (χ2n) is 12.5. The third-order valence-corrected chi connectivity index (χ3v) is 10.5. The Morgan fingerprint density at radius 2 is 1.64 bits per heavy atom. The van der Waals surface area contributed by atoms with Crippen molar-refractivity contribution in [1.29, 1.82) is 0 Å². The van der Waals surface area contributed by atoms with Crippen LogP contribution in [-0.4, -0.2) is 17.9 Å². The van der Waals surface area contributed by atoms with Gasteiger partial charge in [0.1, 0.15) is 5.57 Å². The van der Waals surface area contributed by atoms with Crippen LogP contribution in [0.4, 0.5) is 24.5 Å². The molecule has 39 heavy (non-hydrogen) atoms. The first-order chi connectivity index (χ1) is 18.5. The molecule has 6 atom stereocenters. The topological polar surface area (TPSA) is 49.4 Å². The quantitative estimate of drug-likeness (QED) is 0.410. The van der Waals surface area contributed by atoms with Crippen LogP contribution in [0.2, 0.25) is 0 Å². The largest absolute Gasteiger partial charge is 0.418 e. The van der Waals surface area contributed by atoms with Crippen molar-refractivity contribution in [2.24, 2.45) is 28.6 Å². The van der Waals surface area contributed by atoms with Crippen molar-refractivity contribution in [2.45, 2.75) is 71.0 Å². The number of rotatable bonds is 3. The second kappa shape index (κ2) is 9.24. The lowest BCUT2D eigenvalue weighted by molar-refractivity contribution is -0.137. The normalized spacial score (nSPS) is 34.0. The first-order valence-corrected chi connectivity index (χ1v) is 14.1. The Balaban J connectivity index is 1.42. The highest BCUT2D eigenvalue weighted by atomic mass is 19.4. The predicted molar refractivity (Wildman–Crippen MR) is 145 cm³/mol. The summed E-state index contributed by atoms with van der Waals surface area (Å²) in [6, 6.07) is 14.2. The third-order valence-electron chi connectivity index (χ3n) is 10.5. The van der Waals surface area contributed by atoms with Crippen molar-refractivity contribution in [2.75, 3.05) is 10.2 Å². The molecule has 0 radical (unpaired) electrons. The van der Waals surface area contributed by atoms with Crippen LogP contribution in [0.3, 0.4) is 0 Å². The minimum absolute atomic E-state index is 0.0741. The van der Waals surface area contributed by atoms with E-state index in [1.54, 1.807) is 4.90 Å². The van der Waals surface area contributed by atoms with Crippen molar-refractivity contribution < 1.29 is 22.8 Å². The fraction of sp³-hybridized carbons (Fsp3) is 0.500. The fourth-order valence-corrected chi connectivity index (χ4v) is 8.70. The van der Waals surface area contributed by atoms with Crippen LogP contribution in [0.5, 0.6) is 0 Å². The zero-order valence-electron chi connectivity index (χ0n) is 22.4. The average molecular weight is 537 g/mol. The minimum Gasteiger partial charge on any atom is -0.321 e. The zero-order chi connectivity index (χ0) is 27.6. The number of hydrogen-bond acceptors (Lipinski definition) is 2. The Morgan fingerprint density at radius 1 is 0.923 bits per heavy atom. The highest BCUT2D eigenvalue weighted by Crippen LogP contribution is 2.64. The first kappa shape index (κ1) is 26.1. The maximum Gasteiger partial charge on any atom is 0.418 e. The van der Waals surface area contributed by atoms with Crippen LogP contribution in [0, 0.1) is 28.6 Å². The molecule has 3 saturated carbocycles. The molecule has 3 fully saturated rings. The molecule has 1 heterocycles. The number of fused-ring (bicyclic) bond motifs is 5.